The minimum atomic E-state index is -0.192. The molecule has 0 bridgehead atoms. The monoisotopic (exact) mass is 442 g/mol. The number of carbonyl (C=O) groups is 2. The molecule has 7 heteroatoms. The van der Waals surface area contributed by atoms with Gasteiger partial charge >= 0.3 is 0 Å². The SMILES string of the molecule is O=C(C1CC1)N1CCC(N2CCC(C(=O)N3CCN(c4ccccc4F)CC3)CC2)CC1. The number of halogens is 1. The Balaban J connectivity index is 1.06. The van der Waals surface area contributed by atoms with E-state index in [0.29, 0.717) is 49.7 Å². The van der Waals surface area contributed by atoms with Gasteiger partial charge in [-0.1, -0.05) is 12.1 Å². The van der Waals surface area contributed by atoms with E-state index in [2.05, 4.69) is 9.80 Å². The van der Waals surface area contributed by atoms with Crippen LogP contribution in [0.5, 0.6) is 0 Å². The highest BCUT2D eigenvalue weighted by atomic mass is 19.1. The Hall–Kier alpha value is -2.15. The predicted molar refractivity (Wildman–Crippen MR) is 122 cm³/mol. The van der Waals surface area contributed by atoms with Gasteiger partial charge in [-0.05, 0) is 63.7 Å². The number of likely N-dealkylation sites (tertiary alicyclic amines) is 2. The van der Waals surface area contributed by atoms with Crippen LogP contribution in [0.1, 0.15) is 38.5 Å². The van der Waals surface area contributed by atoms with Crippen molar-refractivity contribution in [1.29, 1.82) is 0 Å². The zero-order valence-electron chi connectivity index (χ0n) is 18.9. The van der Waals surface area contributed by atoms with Gasteiger partial charge in [-0.15, -0.1) is 0 Å². The summed E-state index contributed by atoms with van der Waals surface area (Å²) in [5.74, 6) is 0.901. The standard InChI is InChI=1S/C25H35FN4O2/c26-22-3-1-2-4-23(22)28-15-17-30(18-16-28)25(32)20-7-11-27(12-8-20)21-9-13-29(14-10-21)24(31)19-5-6-19/h1-4,19-21H,5-18H2. The van der Waals surface area contributed by atoms with Crippen molar-refractivity contribution in [2.24, 2.45) is 11.8 Å². The molecule has 2 amide bonds. The van der Waals surface area contributed by atoms with E-state index in [9.17, 15) is 14.0 Å². The van der Waals surface area contributed by atoms with Crippen LogP contribution >= 0.6 is 0 Å². The molecular formula is C25H35FN4O2. The molecule has 1 aromatic carbocycles. The lowest BCUT2D eigenvalue weighted by Gasteiger charge is -2.43. The van der Waals surface area contributed by atoms with Crippen molar-refractivity contribution in [3.8, 4) is 0 Å². The Morgan fingerprint density at radius 2 is 1.25 bits per heavy atom. The number of para-hydroxylation sites is 1. The summed E-state index contributed by atoms with van der Waals surface area (Å²) in [6.07, 6.45) is 6.14. The van der Waals surface area contributed by atoms with Crippen molar-refractivity contribution in [1.82, 2.24) is 14.7 Å². The summed E-state index contributed by atoms with van der Waals surface area (Å²) in [6, 6.07) is 7.43. The molecule has 3 aliphatic heterocycles. The molecule has 0 aromatic heterocycles. The molecule has 174 valence electrons. The predicted octanol–water partition coefficient (Wildman–Crippen LogP) is 2.59. The van der Waals surface area contributed by atoms with Crippen LogP contribution in [0, 0.1) is 17.7 Å². The summed E-state index contributed by atoms with van der Waals surface area (Å²) in [5.41, 5.74) is 0.637. The van der Waals surface area contributed by atoms with Gasteiger partial charge in [0.1, 0.15) is 5.82 Å². The number of piperazine rings is 1. The summed E-state index contributed by atoms with van der Waals surface area (Å²) in [4.78, 5) is 34.0. The first kappa shape index (κ1) is 21.7. The minimum Gasteiger partial charge on any atom is -0.366 e. The molecule has 1 aliphatic carbocycles. The summed E-state index contributed by atoms with van der Waals surface area (Å²) >= 11 is 0. The smallest absolute Gasteiger partial charge is 0.225 e. The zero-order chi connectivity index (χ0) is 22.1. The Kier molecular flexibility index (Phi) is 6.35. The number of carbonyl (C=O) groups excluding carboxylic acids is 2. The third-order valence-corrected chi connectivity index (χ3v) is 7.88. The van der Waals surface area contributed by atoms with Gasteiger partial charge in [-0.25, -0.2) is 4.39 Å². The van der Waals surface area contributed by atoms with Crippen molar-refractivity contribution in [3.63, 3.8) is 0 Å². The van der Waals surface area contributed by atoms with E-state index in [1.807, 2.05) is 21.9 Å². The Morgan fingerprint density at radius 3 is 1.84 bits per heavy atom. The molecule has 0 radical (unpaired) electrons. The van der Waals surface area contributed by atoms with Gasteiger partial charge < -0.3 is 19.6 Å². The van der Waals surface area contributed by atoms with Gasteiger partial charge in [0.2, 0.25) is 11.8 Å². The second-order valence-corrected chi connectivity index (χ2v) is 9.90. The molecule has 1 aromatic rings. The summed E-state index contributed by atoms with van der Waals surface area (Å²) < 4.78 is 14.1. The second-order valence-electron chi connectivity index (χ2n) is 9.90. The number of piperidine rings is 2. The first-order valence-corrected chi connectivity index (χ1v) is 12.4. The highest BCUT2D eigenvalue weighted by molar-refractivity contribution is 5.81. The van der Waals surface area contributed by atoms with Gasteiger partial charge in [-0.2, -0.15) is 0 Å². The number of hydrogen-bond acceptors (Lipinski definition) is 4. The molecule has 0 unspecified atom stereocenters. The van der Waals surface area contributed by atoms with E-state index < -0.39 is 0 Å². The number of rotatable bonds is 4. The lowest BCUT2D eigenvalue weighted by molar-refractivity contribution is -0.138. The van der Waals surface area contributed by atoms with Crippen molar-refractivity contribution in [2.45, 2.75) is 44.6 Å². The van der Waals surface area contributed by atoms with Crippen molar-refractivity contribution in [2.75, 3.05) is 57.3 Å². The van der Waals surface area contributed by atoms with Crippen LogP contribution in [0.15, 0.2) is 24.3 Å². The molecule has 5 rings (SSSR count). The van der Waals surface area contributed by atoms with E-state index in [-0.39, 0.29) is 17.6 Å². The fraction of sp³-hybridized carbons (Fsp3) is 0.680. The largest absolute Gasteiger partial charge is 0.366 e. The lowest BCUT2D eigenvalue weighted by Crippen LogP contribution is -2.53. The summed E-state index contributed by atoms with van der Waals surface area (Å²) in [7, 11) is 0. The summed E-state index contributed by atoms with van der Waals surface area (Å²) in [6.45, 7) is 6.45. The van der Waals surface area contributed by atoms with Crippen LogP contribution in [-0.2, 0) is 9.59 Å². The zero-order valence-corrected chi connectivity index (χ0v) is 18.9. The Morgan fingerprint density at radius 1 is 0.688 bits per heavy atom. The summed E-state index contributed by atoms with van der Waals surface area (Å²) in [5, 5.41) is 0. The number of nitrogens with zero attached hydrogens (tertiary/aromatic N) is 4. The maximum Gasteiger partial charge on any atom is 0.225 e. The quantitative estimate of drug-likeness (QED) is 0.719. The van der Waals surface area contributed by atoms with Crippen molar-refractivity contribution in [3.05, 3.63) is 30.1 Å². The fourth-order valence-electron chi connectivity index (χ4n) is 5.69. The highest BCUT2D eigenvalue weighted by Gasteiger charge is 2.37. The average molecular weight is 443 g/mol. The van der Waals surface area contributed by atoms with Crippen LogP contribution in [0.25, 0.3) is 0 Å². The first-order chi connectivity index (χ1) is 15.6. The Labute approximate surface area is 190 Å². The van der Waals surface area contributed by atoms with E-state index in [0.717, 1.165) is 64.7 Å². The van der Waals surface area contributed by atoms with E-state index in [1.54, 1.807) is 6.07 Å². The van der Waals surface area contributed by atoms with E-state index in [4.69, 9.17) is 0 Å². The number of amides is 2. The second kappa shape index (κ2) is 9.38. The molecule has 3 saturated heterocycles. The van der Waals surface area contributed by atoms with Crippen molar-refractivity contribution < 1.29 is 14.0 Å². The fourth-order valence-corrected chi connectivity index (χ4v) is 5.69. The van der Waals surface area contributed by atoms with Gasteiger partial charge in [0.15, 0.2) is 0 Å². The maximum atomic E-state index is 14.1. The van der Waals surface area contributed by atoms with Gasteiger partial charge in [-0.3, -0.25) is 9.59 Å². The molecule has 6 nitrogen and oxygen atoms in total. The normalized spacial score (nSPS) is 24.1. The van der Waals surface area contributed by atoms with Gasteiger partial charge in [0, 0.05) is 57.1 Å². The van der Waals surface area contributed by atoms with Crippen LogP contribution in [0.2, 0.25) is 0 Å². The lowest BCUT2D eigenvalue weighted by atomic mass is 9.92. The van der Waals surface area contributed by atoms with Crippen LogP contribution in [0.3, 0.4) is 0 Å². The third-order valence-electron chi connectivity index (χ3n) is 7.88. The molecule has 3 heterocycles. The molecule has 0 spiro atoms. The number of anilines is 1. The first-order valence-electron chi connectivity index (χ1n) is 12.4. The third kappa shape index (κ3) is 4.63. The molecule has 0 N–H and O–H groups in total. The molecule has 32 heavy (non-hydrogen) atoms. The van der Waals surface area contributed by atoms with E-state index >= 15 is 0 Å². The molecule has 4 fully saturated rings. The topological polar surface area (TPSA) is 47.1 Å². The maximum absolute atomic E-state index is 14.1. The van der Waals surface area contributed by atoms with Crippen LogP contribution in [0.4, 0.5) is 10.1 Å². The highest BCUT2D eigenvalue weighted by Crippen LogP contribution is 2.33. The van der Waals surface area contributed by atoms with E-state index in [1.165, 1.54) is 6.07 Å². The number of hydrogen-bond donors (Lipinski definition) is 0. The van der Waals surface area contributed by atoms with Gasteiger partial charge in [0.25, 0.3) is 0 Å². The molecular weight excluding hydrogens is 407 g/mol. The minimum absolute atomic E-state index is 0.114. The Bertz CT molecular complexity index is 821. The molecule has 0 atom stereocenters. The average Bonchev–Trinajstić information content (AvgIpc) is 3.70. The molecule has 1 saturated carbocycles. The van der Waals surface area contributed by atoms with Crippen LogP contribution in [-0.4, -0.2) is 84.9 Å². The number of benzene rings is 1. The van der Waals surface area contributed by atoms with Gasteiger partial charge in [0.05, 0.1) is 5.69 Å². The van der Waals surface area contributed by atoms with Crippen molar-refractivity contribution >= 4 is 17.5 Å². The molecule has 4 aliphatic rings. The van der Waals surface area contributed by atoms with Crippen LogP contribution < -0.4 is 4.90 Å².